The van der Waals surface area contributed by atoms with Gasteiger partial charge in [0.1, 0.15) is 0 Å². The van der Waals surface area contributed by atoms with Crippen LogP contribution in [0.2, 0.25) is 0 Å². The molecule has 1 rings (SSSR count). The molecule has 0 heteroatoms. The van der Waals surface area contributed by atoms with E-state index in [1.54, 1.807) is 0 Å². The summed E-state index contributed by atoms with van der Waals surface area (Å²) in [4.78, 5) is 0. The quantitative estimate of drug-likeness (QED) is 0.374. The maximum atomic E-state index is 2.41. The predicted molar refractivity (Wildman–Crippen MR) is 96.7 cm³/mol. The van der Waals surface area contributed by atoms with E-state index in [-0.39, 0.29) is 0 Å². The van der Waals surface area contributed by atoms with Crippen molar-refractivity contribution in [3.05, 3.63) is 41.5 Å². The van der Waals surface area contributed by atoms with E-state index >= 15 is 0 Å². The van der Waals surface area contributed by atoms with Crippen molar-refractivity contribution in [3.8, 4) is 0 Å². The van der Waals surface area contributed by atoms with Crippen molar-refractivity contribution in [1.82, 2.24) is 0 Å². The van der Waals surface area contributed by atoms with Crippen LogP contribution < -0.4 is 0 Å². The van der Waals surface area contributed by atoms with Crippen molar-refractivity contribution >= 4 is 5.57 Å². The molecule has 0 amide bonds. The standard InChI is InChI=1S/C21H34/c1-4-5-6-7-8-9-10-11-12-13-14-20(3)21-17-15-19(2)16-18-21/h14-18H,4-13H2,1-3H3/b20-14+. The molecule has 21 heavy (non-hydrogen) atoms. The molecule has 0 unspecified atom stereocenters. The fraction of sp³-hybridized carbons (Fsp3) is 0.619. The smallest absolute Gasteiger partial charge is 0.0230 e. The van der Waals surface area contributed by atoms with Crippen LogP contribution in [-0.2, 0) is 0 Å². The molecular weight excluding hydrogens is 252 g/mol. The summed E-state index contributed by atoms with van der Waals surface area (Å²) >= 11 is 0. The van der Waals surface area contributed by atoms with Crippen LogP contribution >= 0.6 is 0 Å². The molecule has 0 aliphatic heterocycles. The van der Waals surface area contributed by atoms with Crippen molar-refractivity contribution in [3.63, 3.8) is 0 Å². The zero-order valence-electron chi connectivity index (χ0n) is 14.5. The summed E-state index contributed by atoms with van der Waals surface area (Å²) in [6.45, 7) is 6.66. The molecule has 0 fully saturated rings. The lowest BCUT2D eigenvalue weighted by atomic mass is 10.0. The van der Waals surface area contributed by atoms with E-state index < -0.39 is 0 Å². The van der Waals surface area contributed by atoms with Gasteiger partial charge < -0.3 is 0 Å². The largest absolute Gasteiger partial charge is 0.0810 e. The molecule has 0 aliphatic rings. The summed E-state index contributed by atoms with van der Waals surface area (Å²) in [5, 5.41) is 0. The van der Waals surface area contributed by atoms with Gasteiger partial charge in [-0.1, -0.05) is 94.2 Å². The molecule has 0 radical (unpaired) electrons. The lowest BCUT2D eigenvalue weighted by Gasteiger charge is -2.03. The molecule has 0 aliphatic carbocycles. The fourth-order valence-corrected chi connectivity index (χ4v) is 2.71. The van der Waals surface area contributed by atoms with Crippen LogP contribution in [0.15, 0.2) is 30.3 Å². The molecule has 0 N–H and O–H groups in total. The van der Waals surface area contributed by atoms with Gasteiger partial charge in [0, 0.05) is 0 Å². The molecule has 0 saturated heterocycles. The number of hydrogen-bond donors (Lipinski definition) is 0. The van der Waals surface area contributed by atoms with Crippen molar-refractivity contribution in [1.29, 1.82) is 0 Å². The average molecular weight is 287 g/mol. The normalized spacial score (nSPS) is 11.9. The van der Waals surface area contributed by atoms with Crippen LogP contribution in [0, 0.1) is 6.92 Å². The third kappa shape index (κ3) is 8.75. The lowest BCUT2D eigenvalue weighted by Crippen LogP contribution is -1.82. The molecule has 0 bridgehead atoms. The van der Waals surface area contributed by atoms with E-state index in [1.807, 2.05) is 0 Å². The molecule has 1 aromatic rings. The predicted octanol–water partition coefficient (Wildman–Crippen LogP) is 7.32. The lowest BCUT2D eigenvalue weighted by molar-refractivity contribution is 0.566. The van der Waals surface area contributed by atoms with Gasteiger partial charge >= 0.3 is 0 Å². The second kappa shape index (κ2) is 11.6. The average Bonchev–Trinajstić information content (AvgIpc) is 2.49. The zero-order chi connectivity index (χ0) is 15.3. The Hall–Kier alpha value is -1.04. The van der Waals surface area contributed by atoms with Crippen LogP contribution in [0.1, 0.15) is 89.2 Å². The minimum atomic E-state index is 1.23. The highest BCUT2D eigenvalue weighted by molar-refractivity contribution is 5.63. The van der Waals surface area contributed by atoms with E-state index in [0.29, 0.717) is 0 Å². The van der Waals surface area contributed by atoms with Crippen molar-refractivity contribution < 1.29 is 0 Å². The van der Waals surface area contributed by atoms with Crippen LogP contribution in [0.4, 0.5) is 0 Å². The van der Waals surface area contributed by atoms with Gasteiger partial charge in [-0.2, -0.15) is 0 Å². The Morgan fingerprint density at radius 2 is 1.33 bits per heavy atom. The molecule has 0 saturated carbocycles. The number of hydrogen-bond acceptors (Lipinski definition) is 0. The second-order valence-electron chi connectivity index (χ2n) is 6.37. The second-order valence-corrected chi connectivity index (χ2v) is 6.37. The Morgan fingerprint density at radius 3 is 1.90 bits per heavy atom. The van der Waals surface area contributed by atoms with Crippen LogP contribution in [0.5, 0.6) is 0 Å². The van der Waals surface area contributed by atoms with Gasteiger partial charge in [0.25, 0.3) is 0 Å². The summed E-state index contributed by atoms with van der Waals surface area (Å²) in [5.41, 5.74) is 4.14. The molecule has 1 aromatic carbocycles. The number of unbranched alkanes of at least 4 members (excludes halogenated alkanes) is 9. The molecule has 118 valence electrons. The highest BCUT2D eigenvalue weighted by atomic mass is 14.0. The molecule has 0 heterocycles. The Labute approximate surface area is 132 Å². The third-order valence-corrected chi connectivity index (χ3v) is 4.27. The van der Waals surface area contributed by atoms with Gasteiger partial charge in [-0.05, 0) is 37.8 Å². The van der Waals surface area contributed by atoms with Crippen molar-refractivity contribution in [2.45, 2.75) is 85.0 Å². The summed E-state index contributed by atoms with van der Waals surface area (Å²) in [5.74, 6) is 0. The molecule has 0 nitrogen and oxygen atoms in total. The first-order valence-electron chi connectivity index (χ1n) is 8.98. The van der Waals surface area contributed by atoms with E-state index in [2.05, 4.69) is 51.1 Å². The summed E-state index contributed by atoms with van der Waals surface area (Å²) in [7, 11) is 0. The van der Waals surface area contributed by atoms with E-state index in [0.717, 1.165) is 0 Å². The first-order chi connectivity index (χ1) is 10.2. The number of allylic oxidation sites excluding steroid dienone is 2. The minimum Gasteiger partial charge on any atom is -0.0810 e. The highest BCUT2D eigenvalue weighted by Gasteiger charge is 1.95. The maximum Gasteiger partial charge on any atom is -0.0230 e. The van der Waals surface area contributed by atoms with Gasteiger partial charge in [0.15, 0.2) is 0 Å². The monoisotopic (exact) mass is 286 g/mol. The number of benzene rings is 1. The van der Waals surface area contributed by atoms with E-state index in [9.17, 15) is 0 Å². The third-order valence-electron chi connectivity index (χ3n) is 4.27. The summed E-state index contributed by atoms with van der Waals surface area (Å²) in [6.07, 6.45) is 16.3. The van der Waals surface area contributed by atoms with Gasteiger partial charge in [-0.25, -0.2) is 0 Å². The molecule has 0 aromatic heterocycles. The first kappa shape index (κ1) is 18.0. The Kier molecular flexibility index (Phi) is 9.95. The Balaban J connectivity index is 2.05. The topological polar surface area (TPSA) is 0 Å². The highest BCUT2D eigenvalue weighted by Crippen LogP contribution is 2.17. The Bertz CT molecular complexity index is 383. The Morgan fingerprint density at radius 1 is 0.810 bits per heavy atom. The van der Waals surface area contributed by atoms with E-state index in [1.165, 1.54) is 80.9 Å². The van der Waals surface area contributed by atoms with Crippen molar-refractivity contribution in [2.75, 3.05) is 0 Å². The molecule has 0 spiro atoms. The minimum absolute atomic E-state index is 1.23. The van der Waals surface area contributed by atoms with Crippen molar-refractivity contribution in [2.24, 2.45) is 0 Å². The van der Waals surface area contributed by atoms with Crippen LogP contribution in [0.3, 0.4) is 0 Å². The summed E-state index contributed by atoms with van der Waals surface area (Å²) in [6, 6.07) is 8.87. The van der Waals surface area contributed by atoms with Gasteiger partial charge in [0.2, 0.25) is 0 Å². The van der Waals surface area contributed by atoms with Gasteiger partial charge in [-0.3, -0.25) is 0 Å². The SMILES string of the molecule is CCCCCCCCCCC/C=C(\C)c1ccc(C)cc1. The fourth-order valence-electron chi connectivity index (χ4n) is 2.71. The summed E-state index contributed by atoms with van der Waals surface area (Å²) < 4.78 is 0. The molecule has 0 atom stereocenters. The first-order valence-corrected chi connectivity index (χ1v) is 8.98. The molecular formula is C21H34. The van der Waals surface area contributed by atoms with Gasteiger partial charge in [-0.15, -0.1) is 0 Å². The zero-order valence-corrected chi connectivity index (χ0v) is 14.5. The van der Waals surface area contributed by atoms with Gasteiger partial charge in [0.05, 0.1) is 0 Å². The number of aryl methyl sites for hydroxylation is 1. The van der Waals surface area contributed by atoms with Crippen LogP contribution in [0.25, 0.3) is 5.57 Å². The van der Waals surface area contributed by atoms with E-state index in [4.69, 9.17) is 0 Å². The maximum absolute atomic E-state index is 2.41. The number of rotatable bonds is 11. The van der Waals surface area contributed by atoms with Crippen LogP contribution in [-0.4, -0.2) is 0 Å².